The van der Waals surface area contributed by atoms with Crippen LogP contribution >= 0.6 is 0 Å². The van der Waals surface area contributed by atoms with E-state index in [0.29, 0.717) is 17.3 Å². The number of pyridine rings is 2. The Kier molecular flexibility index (Phi) is 11.0. The normalized spacial score (nSPS) is 11.1. The Balaban J connectivity index is 1.24. The molecular weight excluding hydrogens is 747 g/mol. The molecular formula is C53H46F2N4O. The average Bonchev–Trinajstić information content (AvgIpc) is 3.22. The first-order valence-corrected chi connectivity index (χ1v) is 20.0. The lowest BCUT2D eigenvalue weighted by atomic mass is 9.93. The molecule has 0 spiro atoms. The highest BCUT2D eigenvalue weighted by Gasteiger charge is 2.21. The number of hydrogen-bond donors (Lipinski definition) is 0. The second kappa shape index (κ2) is 16.6. The van der Waals surface area contributed by atoms with Crippen LogP contribution in [0.25, 0.3) is 33.5 Å². The van der Waals surface area contributed by atoms with Crippen LogP contribution in [0.5, 0.6) is 11.5 Å². The lowest BCUT2D eigenvalue weighted by Crippen LogP contribution is -2.14. The van der Waals surface area contributed by atoms with Gasteiger partial charge in [0.15, 0.2) is 11.6 Å². The van der Waals surface area contributed by atoms with Crippen LogP contribution in [0.2, 0.25) is 0 Å². The zero-order valence-electron chi connectivity index (χ0n) is 34.9. The minimum atomic E-state index is -0.834. The van der Waals surface area contributed by atoms with E-state index in [1.165, 1.54) is 33.9 Å². The molecule has 6 aromatic carbocycles. The minimum Gasteiger partial charge on any atom is -0.454 e. The fourth-order valence-electron chi connectivity index (χ4n) is 8.38. The van der Waals surface area contributed by atoms with Crippen LogP contribution in [0.1, 0.15) is 33.4 Å². The summed E-state index contributed by atoms with van der Waals surface area (Å²) in [7, 11) is 1.95. The Morgan fingerprint density at radius 3 is 1.57 bits per heavy atom. The van der Waals surface area contributed by atoms with Gasteiger partial charge in [-0.2, -0.15) is 0 Å². The maximum atomic E-state index is 15.9. The van der Waals surface area contributed by atoms with E-state index >= 15 is 8.78 Å². The zero-order valence-corrected chi connectivity index (χ0v) is 34.9. The van der Waals surface area contributed by atoms with Gasteiger partial charge in [-0.15, -0.1) is 0 Å². The fourth-order valence-corrected chi connectivity index (χ4v) is 8.38. The maximum absolute atomic E-state index is 15.9. The van der Waals surface area contributed by atoms with E-state index < -0.39 is 11.6 Å². The molecule has 0 aliphatic rings. The molecule has 60 heavy (non-hydrogen) atoms. The Bertz CT molecular complexity index is 2770. The lowest BCUT2D eigenvalue weighted by molar-refractivity contribution is 0.438. The van der Waals surface area contributed by atoms with Crippen molar-refractivity contribution in [3.8, 4) is 45.0 Å². The molecule has 2 heterocycles. The van der Waals surface area contributed by atoms with Crippen LogP contribution in [0.3, 0.4) is 0 Å². The standard InChI is InChI=1S/C53H46F2N4O/c1-33-22-35(3)52(36(4)23-33)39-18-20-56-49(26-39)46-31-50(48(55)32-47(46)54)60-45-29-43(28-44(30-45)59(41-14-10-8-11-15-41)42-16-12-9-13-17-42)58(7)51-27-40(19-21-57-51)53-37(5)24-34(2)25-38(53)6/h8-32H,1-7H3. The summed E-state index contributed by atoms with van der Waals surface area (Å²) in [5.41, 5.74) is 15.0. The molecule has 0 radical (unpaired) electrons. The van der Waals surface area contributed by atoms with Gasteiger partial charge in [0.2, 0.25) is 0 Å². The number of anilines is 5. The molecule has 8 rings (SSSR count). The van der Waals surface area contributed by atoms with Gasteiger partial charge in [0, 0.05) is 60.3 Å². The van der Waals surface area contributed by atoms with Gasteiger partial charge in [-0.25, -0.2) is 13.8 Å². The summed E-state index contributed by atoms with van der Waals surface area (Å²) in [5.74, 6) is -0.652. The molecule has 0 aliphatic carbocycles. The molecule has 0 amide bonds. The SMILES string of the molecule is Cc1cc(C)c(-c2ccnc(-c3cc(Oc4cc(N(C)c5cc(-c6c(C)cc(C)cc6C)ccn5)cc(N(c5ccccc5)c5ccccc5)c4)c(F)cc3F)c2)c(C)c1. The second-order valence-electron chi connectivity index (χ2n) is 15.5. The predicted molar refractivity (Wildman–Crippen MR) is 242 cm³/mol. The number of aryl methyl sites for hydroxylation is 6. The number of aromatic nitrogens is 2. The summed E-state index contributed by atoms with van der Waals surface area (Å²) in [6.07, 6.45) is 3.48. The van der Waals surface area contributed by atoms with E-state index in [0.717, 1.165) is 56.6 Å². The van der Waals surface area contributed by atoms with Gasteiger partial charge in [0.1, 0.15) is 17.4 Å². The van der Waals surface area contributed by atoms with Crippen LogP contribution in [0.15, 0.2) is 152 Å². The predicted octanol–water partition coefficient (Wildman–Crippen LogP) is 14.6. The number of ether oxygens (including phenoxy) is 1. The molecule has 0 saturated heterocycles. The van der Waals surface area contributed by atoms with Crippen molar-refractivity contribution in [1.29, 1.82) is 0 Å². The fraction of sp³-hybridized carbons (Fsp3) is 0.132. The van der Waals surface area contributed by atoms with Crippen LogP contribution in [0, 0.1) is 53.2 Å². The highest BCUT2D eigenvalue weighted by Crippen LogP contribution is 2.42. The van der Waals surface area contributed by atoms with Gasteiger partial charge >= 0.3 is 0 Å². The molecule has 8 aromatic rings. The second-order valence-corrected chi connectivity index (χ2v) is 15.5. The molecule has 298 valence electrons. The third kappa shape index (κ3) is 8.12. The number of hydrogen-bond acceptors (Lipinski definition) is 5. The highest BCUT2D eigenvalue weighted by molar-refractivity contribution is 5.82. The summed E-state index contributed by atoms with van der Waals surface area (Å²) in [5, 5.41) is 0. The monoisotopic (exact) mass is 792 g/mol. The third-order valence-electron chi connectivity index (χ3n) is 10.9. The molecule has 5 nitrogen and oxygen atoms in total. The first-order chi connectivity index (χ1) is 28.9. The number of benzene rings is 6. The first kappa shape index (κ1) is 39.7. The molecule has 0 bridgehead atoms. The summed E-state index contributed by atoms with van der Waals surface area (Å²) >= 11 is 0. The quantitative estimate of drug-likeness (QED) is 0.138. The van der Waals surface area contributed by atoms with Crippen molar-refractivity contribution >= 4 is 28.6 Å². The summed E-state index contributed by atoms with van der Waals surface area (Å²) < 4.78 is 38.2. The molecule has 7 heteroatoms. The summed E-state index contributed by atoms with van der Waals surface area (Å²) in [6.45, 7) is 12.6. The van der Waals surface area contributed by atoms with E-state index in [4.69, 9.17) is 9.72 Å². The largest absolute Gasteiger partial charge is 0.454 e. The van der Waals surface area contributed by atoms with Gasteiger partial charge in [-0.3, -0.25) is 4.98 Å². The van der Waals surface area contributed by atoms with Crippen molar-refractivity contribution in [3.63, 3.8) is 0 Å². The Hall–Kier alpha value is -7.12. The molecule has 0 atom stereocenters. The molecule has 0 aliphatic heterocycles. The number of rotatable bonds is 10. The third-order valence-corrected chi connectivity index (χ3v) is 10.9. The van der Waals surface area contributed by atoms with Crippen molar-refractivity contribution in [1.82, 2.24) is 9.97 Å². The molecule has 0 unspecified atom stereocenters. The van der Waals surface area contributed by atoms with Crippen molar-refractivity contribution in [2.45, 2.75) is 41.5 Å². The summed E-state index contributed by atoms with van der Waals surface area (Å²) in [6, 6.07) is 44.6. The molecule has 0 saturated carbocycles. The smallest absolute Gasteiger partial charge is 0.168 e. The van der Waals surface area contributed by atoms with E-state index in [1.807, 2.05) is 109 Å². The van der Waals surface area contributed by atoms with Crippen LogP contribution in [-0.4, -0.2) is 17.0 Å². The molecule has 0 N–H and O–H groups in total. The molecule has 2 aromatic heterocycles. The minimum absolute atomic E-state index is 0.127. The van der Waals surface area contributed by atoms with Gasteiger partial charge in [-0.05, 0) is 147 Å². The number of para-hydroxylation sites is 2. The van der Waals surface area contributed by atoms with Crippen LogP contribution in [0.4, 0.5) is 37.3 Å². The summed E-state index contributed by atoms with van der Waals surface area (Å²) in [4.78, 5) is 13.4. The van der Waals surface area contributed by atoms with Gasteiger partial charge < -0.3 is 14.5 Å². The maximum Gasteiger partial charge on any atom is 0.168 e. The van der Waals surface area contributed by atoms with Gasteiger partial charge in [-0.1, -0.05) is 71.8 Å². The Morgan fingerprint density at radius 1 is 0.483 bits per heavy atom. The lowest BCUT2D eigenvalue weighted by Gasteiger charge is -2.28. The van der Waals surface area contributed by atoms with E-state index in [-0.39, 0.29) is 11.3 Å². The Labute approximate surface area is 351 Å². The van der Waals surface area contributed by atoms with E-state index in [9.17, 15) is 0 Å². The Morgan fingerprint density at radius 2 is 1.00 bits per heavy atom. The first-order valence-electron chi connectivity index (χ1n) is 20.0. The van der Waals surface area contributed by atoms with Crippen molar-refractivity contribution in [2.24, 2.45) is 0 Å². The number of halogens is 2. The highest BCUT2D eigenvalue weighted by atomic mass is 19.1. The van der Waals surface area contributed by atoms with E-state index in [2.05, 4.69) is 87.8 Å². The van der Waals surface area contributed by atoms with Gasteiger partial charge in [0.25, 0.3) is 0 Å². The zero-order chi connectivity index (χ0) is 42.1. The number of nitrogens with zero attached hydrogens (tertiary/aromatic N) is 4. The van der Waals surface area contributed by atoms with Crippen molar-refractivity contribution < 1.29 is 13.5 Å². The molecule has 0 fully saturated rings. The van der Waals surface area contributed by atoms with E-state index in [1.54, 1.807) is 6.20 Å². The van der Waals surface area contributed by atoms with Gasteiger partial charge in [0.05, 0.1) is 11.4 Å². The van der Waals surface area contributed by atoms with Crippen molar-refractivity contribution in [3.05, 3.63) is 197 Å². The van der Waals surface area contributed by atoms with Crippen LogP contribution < -0.4 is 14.5 Å². The topological polar surface area (TPSA) is 41.5 Å². The average molecular weight is 793 g/mol. The van der Waals surface area contributed by atoms with Crippen LogP contribution in [-0.2, 0) is 0 Å². The van der Waals surface area contributed by atoms with Crippen molar-refractivity contribution in [2.75, 3.05) is 16.8 Å².